The predicted molar refractivity (Wildman–Crippen MR) is 79.1 cm³/mol. The Kier molecular flexibility index (Phi) is 4.52. The van der Waals surface area contributed by atoms with Crippen molar-refractivity contribution in [3.8, 4) is 5.88 Å². The minimum absolute atomic E-state index is 0.00523. The van der Waals surface area contributed by atoms with Crippen molar-refractivity contribution < 1.29 is 13.9 Å². The van der Waals surface area contributed by atoms with Crippen LogP contribution in [-0.2, 0) is 0 Å². The monoisotopic (exact) mass is 288 g/mol. The molecule has 0 fully saturated rings. The van der Waals surface area contributed by atoms with Crippen LogP contribution in [0, 0.1) is 12.7 Å². The van der Waals surface area contributed by atoms with Crippen LogP contribution >= 0.6 is 0 Å². The lowest BCUT2D eigenvalue weighted by molar-refractivity contribution is 0.102. The lowest BCUT2D eigenvalue weighted by atomic mass is 10.1. The number of anilines is 1. The van der Waals surface area contributed by atoms with Gasteiger partial charge in [0.15, 0.2) is 0 Å². The van der Waals surface area contributed by atoms with E-state index in [9.17, 15) is 9.18 Å². The first-order valence-electron chi connectivity index (χ1n) is 6.66. The third kappa shape index (κ3) is 3.78. The molecule has 21 heavy (non-hydrogen) atoms. The molecule has 1 heterocycles. The largest absolute Gasteiger partial charge is 0.473 e. The number of halogens is 1. The topological polar surface area (TPSA) is 51.2 Å². The van der Waals surface area contributed by atoms with Crippen molar-refractivity contribution in [1.82, 2.24) is 4.98 Å². The van der Waals surface area contributed by atoms with Gasteiger partial charge in [0.25, 0.3) is 5.91 Å². The maximum Gasteiger partial charge on any atom is 0.258 e. The lowest BCUT2D eigenvalue weighted by Crippen LogP contribution is -2.16. The zero-order valence-electron chi connectivity index (χ0n) is 12.2. The summed E-state index contributed by atoms with van der Waals surface area (Å²) in [5, 5.41) is 2.63. The highest BCUT2D eigenvalue weighted by atomic mass is 19.1. The standard InChI is InChI=1S/C16H17FN2O2/c1-10(2)21-16-14(5-4-8-18-16)19-15(20)12-9-11(3)6-7-13(12)17/h4-10H,1-3H3,(H,19,20). The number of aryl methyl sites for hydroxylation is 1. The van der Waals surface area contributed by atoms with Gasteiger partial charge in [0, 0.05) is 6.20 Å². The van der Waals surface area contributed by atoms with Gasteiger partial charge in [-0.1, -0.05) is 11.6 Å². The first-order chi connectivity index (χ1) is 9.97. The molecule has 1 N–H and O–H groups in total. The van der Waals surface area contributed by atoms with Crippen LogP contribution in [-0.4, -0.2) is 17.0 Å². The van der Waals surface area contributed by atoms with Crippen molar-refractivity contribution in [3.63, 3.8) is 0 Å². The van der Waals surface area contributed by atoms with Gasteiger partial charge in [-0.15, -0.1) is 0 Å². The van der Waals surface area contributed by atoms with E-state index in [0.717, 1.165) is 5.56 Å². The molecule has 0 aliphatic carbocycles. The molecule has 0 saturated heterocycles. The second-order valence-electron chi connectivity index (χ2n) is 4.96. The Morgan fingerprint density at radius 3 is 2.81 bits per heavy atom. The number of pyridine rings is 1. The minimum atomic E-state index is -0.562. The maximum atomic E-state index is 13.7. The summed E-state index contributed by atoms with van der Waals surface area (Å²) < 4.78 is 19.2. The fourth-order valence-corrected chi connectivity index (χ4v) is 1.81. The number of rotatable bonds is 4. The summed E-state index contributed by atoms with van der Waals surface area (Å²) in [5.74, 6) is -0.778. The van der Waals surface area contributed by atoms with Crippen LogP contribution in [0.5, 0.6) is 5.88 Å². The summed E-state index contributed by atoms with van der Waals surface area (Å²) >= 11 is 0. The molecule has 0 aliphatic heterocycles. The molecule has 0 aliphatic rings. The molecule has 0 radical (unpaired) electrons. The lowest BCUT2D eigenvalue weighted by Gasteiger charge is -2.13. The van der Waals surface area contributed by atoms with Gasteiger partial charge in [0.2, 0.25) is 5.88 Å². The summed E-state index contributed by atoms with van der Waals surface area (Å²) in [6.45, 7) is 5.52. The Morgan fingerprint density at radius 2 is 2.10 bits per heavy atom. The third-order valence-electron chi connectivity index (χ3n) is 2.73. The summed E-state index contributed by atoms with van der Waals surface area (Å²) in [6.07, 6.45) is 1.49. The third-order valence-corrected chi connectivity index (χ3v) is 2.73. The smallest absolute Gasteiger partial charge is 0.258 e. The summed E-state index contributed by atoms with van der Waals surface area (Å²) in [6, 6.07) is 7.73. The number of hydrogen-bond acceptors (Lipinski definition) is 3. The number of aromatic nitrogens is 1. The van der Waals surface area contributed by atoms with E-state index in [-0.39, 0.29) is 11.7 Å². The van der Waals surface area contributed by atoms with Crippen molar-refractivity contribution in [1.29, 1.82) is 0 Å². The van der Waals surface area contributed by atoms with E-state index >= 15 is 0 Å². The van der Waals surface area contributed by atoms with Crippen molar-refractivity contribution in [2.45, 2.75) is 26.9 Å². The number of amides is 1. The van der Waals surface area contributed by atoms with E-state index in [4.69, 9.17) is 4.74 Å². The second kappa shape index (κ2) is 6.35. The summed E-state index contributed by atoms with van der Waals surface area (Å²) in [4.78, 5) is 16.3. The van der Waals surface area contributed by atoms with Crippen LogP contribution < -0.4 is 10.1 Å². The fourth-order valence-electron chi connectivity index (χ4n) is 1.81. The average Bonchev–Trinajstić information content (AvgIpc) is 2.43. The van der Waals surface area contributed by atoms with Crippen LogP contribution in [0.1, 0.15) is 29.8 Å². The fraction of sp³-hybridized carbons (Fsp3) is 0.250. The van der Waals surface area contributed by atoms with E-state index in [0.29, 0.717) is 11.6 Å². The number of nitrogens with zero attached hydrogens (tertiary/aromatic N) is 1. The number of carbonyl (C=O) groups excluding carboxylic acids is 1. The van der Waals surface area contributed by atoms with Gasteiger partial charge in [0.05, 0.1) is 11.7 Å². The van der Waals surface area contributed by atoms with Gasteiger partial charge in [-0.2, -0.15) is 0 Å². The molecule has 110 valence electrons. The van der Waals surface area contributed by atoms with E-state index in [1.807, 2.05) is 13.8 Å². The quantitative estimate of drug-likeness (QED) is 0.935. The number of hydrogen-bond donors (Lipinski definition) is 1. The molecule has 1 aromatic heterocycles. The number of nitrogens with one attached hydrogen (secondary N) is 1. The molecule has 1 aromatic carbocycles. The van der Waals surface area contributed by atoms with Gasteiger partial charge < -0.3 is 10.1 Å². The normalized spacial score (nSPS) is 10.5. The molecule has 0 bridgehead atoms. The first-order valence-corrected chi connectivity index (χ1v) is 6.66. The highest BCUT2D eigenvalue weighted by Gasteiger charge is 2.15. The van der Waals surface area contributed by atoms with Gasteiger partial charge >= 0.3 is 0 Å². The van der Waals surface area contributed by atoms with Gasteiger partial charge in [-0.3, -0.25) is 4.79 Å². The molecule has 1 amide bonds. The van der Waals surface area contributed by atoms with Crippen molar-refractivity contribution >= 4 is 11.6 Å². The van der Waals surface area contributed by atoms with E-state index in [1.54, 1.807) is 31.3 Å². The van der Waals surface area contributed by atoms with Crippen LogP contribution in [0.4, 0.5) is 10.1 Å². The molecule has 4 nitrogen and oxygen atoms in total. The molecular weight excluding hydrogens is 271 g/mol. The number of ether oxygens (including phenoxy) is 1. The van der Waals surface area contributed by atoms with E-state index in [1.165, 1.54) is 12.1 Å². The summed E-state index contributed by atoms with van der Waals surface area (Å²) in [5.41, 5.74) is 1.22. The first kappa shape index (κ1) is 15.0. The van der Waals surface area contributed by atoms with Crippen molar-refractivity contribution in [3.05, 3.63) is 53.5 Å². The molecule has 2 aromatic rings. The number of benzene rings is 1. The van der Waals surface area contributed by atoms with Crippen LogP contribution in [0.2, 0.25) is 0 Å². The summed E-state index contributed by atoms with van der Waals surface area (Å²) in [7, 11) is 0. The highest BCUT2D eigenvalue weighted by molar-refractivity contribution is 6.05. The molecule has 0 spiro atoms. The minimum Gasteiger partial charge on any atom is -0.473 e. The van der Waals surface area contributed by atoms with Gasteiger partial charge in [-0.05, 0) is 45.0 Å². The van der Waals surface area contributed by atoms with E-state index in [2.05, 4.69) is 10.3 Å². The molecule has 5 heteroatoms. The van der Waals surface area contributed by atoms with Crippen LogP contribution in [0.15, 0.2) is 36.5 Å². The Hall–Kier alpha value is -2.43. The number of carbonyl (C=O) groups is 1. The van der Waals surface area contributed by atoms with Crippen molar-refractivity contribution in [2.75, 3.05) is 5.32 Å². The van der Waals surface area contributed by atoms with Gasteiger partial charge in [-0.25, -0.2) is 9.37 Å². The molecule has 0 atom stereocenters. The zero-order valence-corrected chi connectivity index (χ0v) is 12.2. The molecule has 2 rings (SSSR count). The zero-order chi connectivity index (χ0) is 15.4. The van der Waals surface area contributed by atoms with Gasteiger partial charge in [0.1, 0.15) is 11.5 Å². The Bertz CT molecular complexity index is 656. The van der Waals surface area contributed by atoms with Crippen LogP contribution in [0.3, 0.4) is 0 Å². The Labute approximate surface area is 123 Å². The Balaban J connectivity index is 2.25. The average molecular weight is 288 g/mol. The predicted octanol–water partition coefficient (Wildman–Crippen LogP) is 3.57. The van der Waals surface area contributed by atoms with Crippen molar-refractivity contribution in [2.24, 2.45) is 0 Å². The SMILES string of the molecule is Cc1ccc(F)c(C(=O)Nc2cccnc2OC(C)C)c1. The Morgan fingerprint density at radius 1 is 1.33 bits per heavy atom. The maximum absolute atomic E-state index is 13.7. The van der Waals surface area contributed by atoms with E-state index < -0.39 is 11.7 Å². The van der Waals surface area contributed by atoms with Crippen LogP contribution in [0.25, 0.3) is 0 Å². The highest BCUT2D eigenvalue weighted by Crippen LogP contribution is 2.23. The molecular formula is C16H17FN2O2. The molecule has 0 unspecified atom stereocenters. The molecule has 0 saturated carbocycles. The second-order valence-corrected chi connectivity index (χ2v) is 4.96.